The largest absolute Gasteiger partial charge is 0.376 e. The molecule has 1 unspecified atom stereocenters. The Labute approximate surface area is 130 Å². The summed E-state index contributed by atoms with van der Waals surface area (Å²) in [6.07, 6.45) is 4.07. The molecule has 1 aromatic heterocycles. The fraction of sp³-hybridized carbons (Fsp3) is 0.333. The number of nitrogens with one attached hydrogen (secondary N) is 1. The lowest BCUT2D eigenvalue weighted by atomic mass is 10.1. The van der Waals surface area contributed by atoms with Crippen molar-refractivity contribution < 1.29 is 9.53 Å². The predicted octanol–water partition coefficient (Wildman–Crippen LogP) is 2.97. The van der Waals surface area contributed by atoms with Gasteiger partial charge in [-0.15, -0.1) is 0 Å². The van der Waals surface area contributed by atoms with Crippen molar-refractivity contribution in [3.05, 3.63) is 53.7 Å². The number of amides is 1. The van der Waals surface area contributed by atoms with Crippen LogP contribution < -0.4 is 5.32 Å². The van der Waals surface area contributed by atoms with Crippen LogP contribution in [0.3, 0.4) is 0 Å². The minimum absolute atomic E-state index is 0.0562. The van der Waals surface area contributed by atoms with Crippen LogP contribution in [0.4, 0.5) is 0 Å². The van der Waals surface area contributed by atoms with E-state index in [1.54, 1.807) is 6.20 Å². The third-order valence-corrected chi connectivity index (χ3v) is 3.87. The molecular weight excluding hydrogens is 276 g/mol. The zero-order chi connectivity index (χ0) is 15.4. The van der Waals surface area contributed by atoms with Crippen LogP contribution in [-0.2, 0) is 4.74 Å². The predicted molar refractivity (Wildman–Crippen MR) is 85.7 cm³/mol. The van der Waals surface area contributed by atoms with Gasteiger partial charge in [-0.3, -0.25) is 9.78 Å². The van der Waals surface area contributed by atoms with E-state index in [1.165, 1.54) is 5.56 Å². The van der Waals surface area contributed by atoms with Gasteiger partial charge in [-0.05, 0) is 49.6 Å². The Bertz CT molecular complexity index is 646. The van der Waals surface area contributed by atoms with Gasteiger partial charge >= 0.3 is 0 Å². The Hall–Kier alpha value is -2.20. The van der Waals surface area contributed by atoms with Crippen LogP contribution in [0.25, 0.3) is 11.3 Å². The number of aromatic nitrogens is 1. The fourth-order valence-corrected chi connectivity index (χ4v) is 2.60. The number of carbonyl (C=O) groups is 1. The van der Waals surface area contributed by atoms with Crippen LogP contribution in [0.5, 0.6) is 0 Å². The SMILES string of the molecule is Cc1ccnc(-c2ccc(C(=O)NCC3CCCO3)cc2)c1. The molecule has 114 valence electrons. The minimum atomic E-state index is -0.0562. The quantitative estimate of drug-likeness (QED) is 0.943. The number of benzene rings is 1. The third kappa shape index (κ3) is 3.52. The second-order valence-corrected chi connectivity index (χ2v) is 5.64. The molecule has 1 saturated heterocycles. The van der Waals surface area contributed by atoms with Crippen molar-refractivity contribution in [1.82, 2.24) is 10.3 Å². The maximum Gasteiger partial charge on any atom is 0.251 e. The Morgan fingerprint density at radius 3 is 2.82 bits per heavy atom. The summed E-state index contributed by atoms with van der Waals surface area (Å²) >= 11 is 0. The van der Waals surface area contributed by atoms with E-state index in [9.17, 15) is 4.79 Å². The normalized spacial score (nSPS) is 17.4. The first-order valence-electron chi connectivity index (χ1n) is 7.65. The van der Waals surface area contributed by atoms with Gasteiger partial charge in [-0.2, -0.15) is 0 Å². The van der Waals surface area contributed by atoms with Crippen LogP contribution in [-0.4, -0.2) is 30.1 Å². The van der Waals surface area contributed by atoms with Crippen molar-refractivity contribution in [2.75, 3.05) is 13.2 Å². The van der Waals surface area contributed by atoms with Crippen LogP contribution in [0.2, 0.25) is 0 Å². The summed E-state index contributed by atoms with van der Waals surface area (Å²) in [4.78, 5) is 16.5. The summed E-state index contributed by atoms with van der Waals surface area (Å²) in [7, 11) is 0. The highest BCUT2D eigenvalue weighted by Gasteiger charge is 2.16. The van der Waals surface area contributed by atoms with Gasteiger partial charge in [0.25, 0.3) is 5.91 Å². The lowest BCUT2D eigenvalue weighted by Crippen LogP contribution is -2.31. The molecule has 0 bridgehead atoms. The van der Waals surface area contributed by atoms with Crippen molar-refractivity contribution >= 4 is 5.91 Å². The second-order valence-electron chi connectivity index (χ2n) is 5.64. The van der Waals surface area contributed by atoms with Crippen molar-refractivity contribution in [3.63, 3.8) is 0 Å². The molecule has 2 aromatic rings. The number of hydrogen-bond acceptors (Lipinski definition) is 3. The number of hydrogen-bond donors (Lipinski definition) is 1. The van der Waals surface area contributed by atoms with E-state index in [-0.39, 0.29) is 12.0 Å². The highest BCUT2D eigenvalue weighted by molar-refractivity contribution is 5.94. The maximum atomic E-state index is 12.1. The molecule has 22 heavy (non-hydrogen) atoms. The number of pyridine rings is 1. The Balaban J connectivity index is 1.64. The van der Waals surface area contributed by atoms with Gasteiger partial charge in [0.2, 0.25) is 0 Å². The van der Waals surface area contributed by atoms with Crippen molar-refractivity contribution in [2.24, 2.45) is 0 Å². The van der Waals surface area contributed by atoms with Gasteiger partial charge in [0.05, 0.1) is 11.8 Å². The molecule has 1 amide bonds. The summed E-state index contributed by atoms with van der Waals surface area (Å²) in [5.74, 6) is -0.0562. The Morgan fingerprint density at radius 1 is 1.32 bits per heavy atom. The monoisotopic (exact) mass is 296 g/mol. The molecule has 1 aliphatic rings. The highest BCUT2D eigenvalue weighted by atomic mass is 16.5. The number of rotatable bonds is 4. The summed E-state index contributed by atoms with van der Waals surface area (Å²) in [6, 6.07) is 11.5. The number of aryl methyl sites for hydroxylation is 1. The standard InChI is InChI=1S/C18H20N2O2/c1-13-8-9-19-17(11-13)14-4-6-15(7-5-14)18(21)20-12-16-3-2-10-22-16/h4-9,11,16H,2-3,10,12H2,1H3,(H,20,21). The van der Waals surface area contributed by atoms with Crippen LogP contribution in [0, 0.1) is 6.92 Å². The van der Waals surface area contributed by atoms with Gasteiger partial charge in [0.15, 0.2) is 0 Å². The summed E-state index contributed by atoms with van der Waals surface area (Å²) in [5, 5.41) is 2.93. The second kappa shape index (κ2) is 6.71. The van der Waals surface area contributed by atoms with Gasteiger partial charge in [-0.1, -0.05) is 12.1 Å². The number of carbonyl (C=O) groups excluding carboxylic acids is 1. The lowest BCUT2D eigenvalue weighted by Gasteiger charge is -2.11. The molecule has 1 atom stereocenters. The van der Waals surface area contributed by atoms with E-state index in [4.69, 9.17) is 4.74 Å². The molecule has 1 fully saturated rings. The average molecular weight is 296 g/mol. The van der Waals surface area contributed by atoms with Crippen LogP contribution in [0.1, 0.15) is 28.8 Å². The van der Waals surface area contributed by atoms with Gasteiger partial charge < -0.3 is 10.1 Å². The first kappa shape index (κ1) is 14.7. The summed E-state index contributed by atoms with van der Waals surface area (Å²) in [6.45, 7) is 3.43. The lowest BCUT2D eigenvalue weighted by molar-refractivity contribution is 0.0858. The molecule has 4 nitrogen and oxygen atoms in total. The van der Waals surface area contributed by atoms with Crippen LogP contribution >= 0.6 is 0 Å². The highest BCUT2D eigenvalue weighted by Crippen LogP contribution is 2.18. The molecule has 4 heteroatoms. The molecule has 2 heterocycles. The van der Waals surface area contributed by atoms with Crippen molar-refractivity contribution in [2.45, 2.75) is 25.9 Å². The van der Waals surface area contributed by atoms with Crippen molar-refractivity contribution in [3.8, 4) is 11.3 Å². The Kier molecular flexibility index (Phi) is 4.49. The fourth-order valence-electron chi connectivity index (χ4n) is 2.60. The van der Waals surface area contributed by atoms with Gasteiger partial charge in [-0.25, -0.2) is 0 Å². The first-order valence-corrected chi connectivity index (χ1v) is 7.65. The van der Waals surface area contributed by atoms with E-state index in [0.717, 1.165) is 30.7 Å². The van der Waals surface area contributed by atoms with Crippen LogP contribution in [0.15, 0.2) is 42.6 Å². The maximum absolute atomic E-state index is 12.1. The summed E-state index contributed by atoms with van der Waals surface area (Å²) in [5.41, 5.74) is 3.77. The Morgan fingerprint density at radius 2 is 2.14 bits per heavy atom. The molecule has 0 aliphatic carbocycles. The first-order chi connectivity index (χ1) is 10.7. The smallest absolute Gasteiger partial charge is 0.251 e. The number of ether oxygens (including phenoxy) is 1. The molecule has 3 rings (SSSR count). The van der Waals surface area contributed by atoms with E-state index in [0.29, 0.717) is 12.1 Å². The minimum Gasteiger partial charge on any atom is -0.376 e. The van der Waals surface area contributed by atoms with Gasteiger partial charge in [0.1, 0.15) is 0 Å². The van der Waals surface area contributed by atoms with Gasteiger partial charge in [0, 0.05) is 30.5 Å². The summed E-state index contributed by atoms with van der Waals surface area (Å²) < 4.78 is 5.50. The van der Waals surface area contributed by atoms with Crippen molar-refractivity contribution in [1.29, 1.82) is 0 Å². The molecule has 0 saturated carbocycles. The molecule has 0 radical (unpaired) electrons. The number of nitrogens with zero attached hydrogens (tertiary/aromatic N) is 1. The zero-order valence-corrected chi connectivity index (χ0v) is 12.7. The topological polar surface area (TPSA) is 51.2 Å². The van der Waals surface area contributed by atoms with E-state index in [2.05, 4.69) is 10.3 Å². The van der Waals surface area contributed by atoms with E-state index in [1.807, 2.05) is 43.3 Å². The molecule has 0 spiro atoms. The van der Waals surface area contributed by atoms with E-state index >= 15 is 0 Å². The third-order valence-electron chi connectivity index (χ3n) is 3.87. The zero-order valence-electron chi connectivity index (χ0n) is 12.7. The molecule has 1 aliphatic heterocycles. The molecule has 1 N–H and O–H groups in total. The van der Waals surface area contributed by atoms with E-state index < -0.39 is 0 Å². The molecule has 1 aromatic carbocycles. The molecular formula is C18H20N2O2. The average Bonchev–Trinajstić information content (AvgIpc) is 3.06.